The van der Waals surface area contributed by atoms with Gasteiger partial charge in [-0.05, 0) is 19.1 Å². The summed E-state index contributed by atoms with van der Waals surface area (Å²) in [6.07, 6.45) is -1.14. The first-order valence-electron chi connectivity index (χ1n) is 6.38. The van der Waals surface area contributed by atoms with Crippen LogP contribution in [0.25, 0.3) is 0 Å². The van der Waals surface area contributed by atoms with Gasteiger partial charge in [0, 0.05) is 13.1 Å². The number of ether oxygens (including phenoxy) is 3. The highest BCUT2D eigenvalue weighted by Gasteiger charge is 2.22. The molecule has 0 spiro atoms. The largest absolute Gasteiger partial charge is 0.497 e. The van der Waals surface area contributed by atoms with Crippen LogP contribution in [0.1, 0.15) is 17.3 Å². The Bertz CT molecular complexity index is 572. The molecule has 0 saturated heterocycles. The van der Waals surface area contributed by atoms with Crippen LogP contribution >= 0.6 is 0 Å². The first kappa shape index (κ1) is 17.3. The van der Waals surface area contributed by atoms with Gasteiger partial charge in [0.05, 0.1) is 14.2 Å². The molecule has 22 heavy (non-hydrogen) atoms. The molecule has 0 fully saturated rings. The lowest BCUT2D eigenvalue weighted by Crippen LogP contribution is -2.43. The maximum Gasteiger partial charge on any atom is 0.342 e. The third kappa shape index (κ3) is 4.37. The van der Waals surface area contributed by atoms with Gasteiger partial charge in [0.25, 0.3) is 5.91 Å². The number of hydrogen-bond acceptors (Lipinski definition) is 6. The normalized spacial score (nSPS) is 11.1. The first-order valence-corrected chi connectivity index (χ1v) is 6.38. The lowest BCUT2D eigenvalue weighted by Gasteiger charge is -2.14. The predicted octanol–water partition coefficient (Wildman–Crippen LogP) is 0.705. The van der Waals surface area contributed by atoms with E-state index in [0.717, 1.165) is 0 Å². The molecule has 0 aliphatic rings. The Morgan fingerprint density at radius 1 is 1.14 bits per heavy atom. The molecular weight excluding hydrogens is 292 g/mol. The lowest BCUT2D eigenvalue weighted by atomic mass is 10.2. The Labute approximate surface area is 127 Å². The van der Waals surface area contributed by atoms with Crippen molar-refractivity contribution in [3.05, 3.63) is 23.8 Å². The lowest BCUT2D eigenvalue weighted by molar-refractivity contribution is -0.127. The van der Waals surface area contributed by atoms with Crippen molar-refractivity contribution in [3.63, 3.8) is 0 Å². The number of esters is 1. The van der Waals surface area contributed by atoms with Crippen LogP contribution in [0.15, 0.2) is 18.2 Å². The molecule has 1 rings (SSSR count). The summed E-state index contributed by atoms with van der Waals surface area (Å²) < 4.78 is 15.1. The van der Waals surface area contributed by atoms with Crippen LogP contribution < -0.4 is 20.1 Å². The summed E-state index contributed by atoms with van der Waals surface area (Å²) in [6, 6.07) is 3.86. The van der Waals surface area contributed by atoms with Crippen molar-refractivity contribution in [1.29, 1.82) is 0 Å². The van der Waals surface area contributed by atoms with Gasteiger partial charge in [-0.25, -0.2) is 9.59 Å². The van der Waals surface area contributed by atoms with Crippen molar-refractivity contribution < 1.29 is 28.6 Å². The summed E-state index contributed by atoms with van der Waals surface area (Å²) >= 11 is 0. The van der Waals surface area contributed by atoms with E-state index in [4.69, 9.17) is 14.2 Å². The van der Waals surface area contributed by atoms with E-state index in [-0.39, 0.29) is 11.3 Å². The highest BCUT2D eigenvalue weighted by atomic mass is 16.5. The van der Waals surface area contributed by atoms with Gasteiger partial charge in [-0.2, -0.15) is 0 Å². The Morgan fingerprint density at radius 2 is 1.82 bits per heavy atom. The summed E-state index contributed by atoms with van der Waals surface area (Å²) in [4.78, 5) is 34.7. The molecule has 0 saturated carbocycles. The molecule has 8 heteroatoms. The average molecular weight is 310 g/mol. The molecule has 1 aromatic carbocycles. The summed E-state index contributed by atoms with van der Waals surface area (Å²) in [5.41, 5.74) is 0.142. The monoisotopic (exact) mass is 310 g/mol. The summed E-state index contributed by atoms with van der Waals surface area (Å²) in [5.74, 6) is -0.721. The zero-order valence-corrected chi connectivity index (χ0v) is 12.8. The quantitative estimate of drug-likeness (QED) is 0.776. The van der Waals surface area contributed by atoms with Gasteiger partial charge in [-0.3, -0.25) is 10.1 Å². The number of imide groups is 1. The Hall–Kier alpha value is -2.77. The maximum absolute atomic E-state index is 12.1. The number of nitrogens with one attached hydrogen (secondary N) is 2. The van der Waals surface area contributed by atoms with Crippen molar-refractivity contribution in [2.24, 2.45) is 0 Å². The summed E-state index contributed by atoms with van der Waals surface area (Å²) in [6.45, 7) is 1.35. The number of carbonyl (C=O) groups excluding carboxylic acids is 3. The molecule has 0 unspecified atom stereocenters. The van der Waals surface area contributed by atoms with E-state index in [9.17, 15) is 14.4 Å². The van der Waals surface area contributed by atoms with Gasteiger partial charge in [0.1, 0.15) is 17.1 Å². The molecule has 0 heterocycles. The van der Waals surface area contributed by atoms with Crippen molar-refractivity contribution in [2.45, 2.75) is 13.0 Å². The van der Waals surface area contributed by atoms with E-state index in [2.05, 4.69) is 5.32 Å². The third-order valence-corrected chi connectivity index (χ3v) is 2.75. The van der Waals surface area contributed by atoms with Crippen LogP contribution in [-0.2, 0) is 9.53 Å². The van der Waals surface area contributed by atoms with Crippen LogP contribution in [0, 0.1) is 0 Å². The van der Waals surface area contributed by atoms with Crippen LogP contribution in [0.2, 0.25) is 0 Å². The second kappa shape index (κ2) is 7.87. The highest BCUT2D eigenvalue weighted by molar-refractivity contribution is 5.99. The molecule has 0 aliphatic carbocycles. The molecular formula is C14H18N2O6. The molecule has 0 radical (unpaired) electrons. The maximum atomic E-state index is 12.1. The van der Waals surface area contributed by atoms with E-state index < -0.39 is 24.0 Å². The van der Waals surface area contributed by atoms with Gasteiger partial charge in [-0.15, -0.1) is 0 Å². The smallest absolute Gasteiger partial charge is 0.342 e. The van der Waals surface area contributed by atoms with Crippen LogP contribution in [0.3, 0.4) is 0 Å². The van der Waals surface area contributed by atoms with Gasteiger partial charge in [0.2, 0.25) is 0 Å². The molecule has 3 amide bonds. The second-order valence-electron chi connectivity index (χ2n) is 4.18. The van der Waals surface area contributed by atoms with Gasteiger partial charge in [-0.1, -0.05) is 0 Å². The minimum atomic E-state index is -1.14. The number of hydrogen-bond donors (Lipinski definition) is 2. The van der Waals surface area contributed by atoms with E-state index in [1.165, 1.54) is 40.3 Å². The number of carbonyl (C=O) groups is 3. The highest BCUT2D eigenvalue weighted by Crippen LogP contribution is 2.25. The number of benzene rings is 1. The fraction of sp³-hybridized carbons (Fsp3) is 0.357. The SMILES string of the molecule is CNC(=O)NC(=O)[C@H](C)OC(=O)c1ccc(OC)cc1OC. The van der Waals surface area contributed by atoms with E-state index in [0.29, 0.717) is 5.75 Å². The van der Waals surface area contributed by atoms with Crippen LogP contribution in [-0.4, -0.2) is 45.3 Å². The fourth-order valence-electron chi connectivity index (χ4n) is 1.52. The molecule has 1 atom stereocenters. The number of urea groups is 1. The predicted molar refractivity (Wildman–Crippen MR) is 77.0 cm³/mol. The van der Waals surface area contributed by atoms with Gasteiger partial charge < -0.3 is 19.5 Å². The van der Waals surface area contributed by atoms with Crippen LogP contribution in [0.5, 0.6) is 11.5 Å². The van der Waals surface area contributed by atoms with E-state index >= 15 is 0 Å². The van der Waals surface area contributed by atoms with E-state index in [1.54, 1.807) is 6.07 Å². The standard InChI is InChI=1S/C14H18N2O6/c1-8(12(17)16-14(19)15-2)22-13(18)10-6-5-9(20-3)7-11(10)21-4/h5-8H,1-4H3,(H2,15,16,17,19)/t8-/m0/s1. The number of rotatable bonds is 5. The van der Waals surface area contributed by atoms with Crippen molar-refractivity contribution in [3.8, 4) is 11.5 Å². The van der Waals surface area contributed by atoms with Gasteiger partial charge in [0.15, 0.2) is 6.10 Å². The minimum Gasteiger partial charge on any atom is -0.497 e. The number of amides is 3. The Balaban J connectivity index is 2.80. The number of methoxy groups -OCH3 is 2. The molecule has 120 valence electrons. The van der Waals surface area contributed by atoms with Crippen molar-refractivity contribution in [2.75, 3.05) is 21.3 Å². The molecule has 0 bridgehead atoms. The Morgan fingerprint density at radius 3 is 2.36 bits per heavy atom. The molecule has 0 aliphatic heterocycles. The third-order valence-electron chi connectivity index (χ3n) is 2.75. The summed E-state index contributed by atoms with van der Waals surface area (Å²) in [7, 11) is 4.24. The average Bonchev–Trinajstić information content (AvgIpc) is 2.53. The first-order chi connectivity index (χ1) is 10.4. The summed E-state index contributed by atoms with van der Waals surface area (Å²) in [5, 5.41) is 4.24. The Kier molecular flexibility index (Phi) is 6.18. The zero-order chi connectivity index (χ0) is 16.7. The second-order valence-corrected chi connectivity index (χ2v) is 4.18. The molecule has 8 nitrogen and oxygen atoms in total. The topological polar surface area (TPSA) is 103 Å². The minimum absolute atomic E-state index is 0.142. The molecule has 2 N–H and O–H groups in total. The molecule has 0 aromatic heterocycles. The van der Waals surface area contributed by atoms with Crippen LogP contribution in [0.4, 0.5) is 4.79 Å². The van der Waals surface area contributed by atoms with Crippen molar-refractivity contribution >= 4 is 17.9 Å². The fourth-order valence-corrected chi connectivity index (χ4v) is 1.52. The van der Waals surface area contributed by atoms with E-state index in [1.807, 2.05) is 5.32 Å². The molecule has 1 aromatic rings. The van der Waals surface area contributed by atoms with Crippen molar-refractivity contribution in [1.82, 2.24) is 10.6 Å². The van der Waals surface area contributed by atoms with Gasteiger partial charge >= 0.3 is 12.0 Å². The zero-order valence-electron chi connectivity index (χ0n) is 12.8.